The third-order valence-electron chi connectivity index (χ3n) is 3.41. The first-order valence-electron chi connectivity index (χ1n) is 6.12. The van der Waals surface area contributed by atoms with E-state index in [-0.39, 0.29) is 6.04 Å². The predicted molar refractivity (Wildman–Crippen MR) is 73.7 cm³/mol. The van der Waals surface area contributed by atoms with Gasteiger partial charge in [0.1, 0.15) is 4.21 Å². The molecule has 3 heterocycles. The lowest BCUT2D eigenvalue weighted by molar-refractivity contribution is 0.435. The zero-order chi connectivity index (χ0) is 13.5. The second kappa shape index (κ2) is 4.73. The largest absolute Gasteiger partial charge is 0.268 e. The van der Waals surface area contributed by atoms with Crippen LogP contribution >= 0.6 is 11.3 Å². The molecule has 1 aliphatic rings. The molecular weight excluding hydrogens is 282 g/mol. The van der Waals surface area contributed by atoms with E-state index in [0.717, 1.165) is 12.0 Å². The standard InChI is InChI=1S/C12H15N3O2S2/c1-10-4-8-18-12(10)19(16,17)14-7-3-11(9-14)15-6-2-5-13-15/h2,4-6,8,11H,3,7,9H2,1H3. The van der Waals surface area contributed by atoms with Crippen molar-refractivity contribution < 1.29 is 8.42 Å². The van der Waals surface area contributed by atoms with Crippen molar-refractivity contribution in [2.24, 2.45) is 0 Å². The molecule has 19 heavy (non-hydrogen) atoms. The van der Waals surface area contributed by atoms with Gasteiger partial charge in [0.05, 0.1) is 6.04 Å². The van der Waals surface area contributed by atoms with Gasteiger partial charge in [-0.05, 0) is 36.4 Å². The van der Waals surface area contributed by atoms with E-state index in [9.17, 15) is 8.42 Å². The van der Waals surface area contributed by atoms with E-state index in [2.05, 4.69) is 5.10 Å². The Kier molecular flexibility index (Phi) is 3.20. The Morgan fingerprint density at radius 2 is 2.32 bits per heavy atom. The molecule has 0 radical (unpaired) electrons. The topological polar surface area (TPSA) is 55.2 Å². The lowest BCUT2D eigenvalue weighted by atomic mass is 10.3. The van der Waals surface area contributed by atoms with Crippen molar-refractivity contribution in [2.45, 2.75) is 23.6 Å². The summed E-state index contributed by atoms with van der Waals surface area (Å²) < 4.78 is 29.0. The molecule has 0 bridgehead atoms. The van der Waals surface area contributed by atoms with Crippen LogP contribution in [0.2, 0.25) is 0 Å². The molecule has 0 N–H and O–H groups in total. The second-order valence-corrected chi connectivity index (χ2v) is 7.73. The Morgan fingerprint density at radius 3 is 2.95 bits per heavy atom. The van der Waals surface area contributed by atoms with Crippen molar-refractivity contribution in [1.29, 1.82) is 0 Å². The van der Waals surface area contributed by atoms with Gasteiger partial charge in [0.2, 0.25) is 0 Å². The third kappa shape index (κ3) is 2.22. The minimum Gasteiger partial charge on any atom is -0.268 e. The smallest absolute Gasteiger partial charge is 0.252 e. The van der Waals surface area contributed by atoms with Gasteiger partial charge in [0.15, 0.2) is 0 Å². The van der Waals surface area contributed by atoms with Crippen LogP contribution in [0.1, 0.15) is 18.0 Å². The van der Waals surface area contributed by atoms with E-state index in [4.69, 9.17) is 0 Å². The van der Waals surface area contributed by atoms with Crippen molar-refractivity contribution in [1.82, 2.24) is 14.1 Å². The Balaban J connectivity index is 1.83. The fourth-order valence-corrected chi connectivity index (χ4v) is 5.42. The van der Waals surface area contributed by atoms with Gasteiger partial charge in [0.25, 0.3) is 10.0 Å². The Bertz CT molecular complexity index is 661. The van der Waals surface area contributed by atoms with Crippen LogP contribution in [0.3, 0.4) is 0 Å². The van der Waals surface area contributed by atoms with Gasteiger partial charge in [-0.15, -0.1) is 11.3 Å². The number of aromatic nitrogens is 2. The van der Waals surface area contributed by atoms with Gasteiger partial charge in [-0.2, -0.15) is 9.40 Å². The minimum atomic E-state index is -3.34. The number of aryl methyl sites for hydroxylation is 1. The minimum absolute atomic E-state index is 0.144. The average molecular weight is 297 g/mol. The maximum Gasteiger partial charge on any atom is 0.252 e. The SMILES string of the molecule is Cc1ccsc1S(=O)(=O)N1CCC(n2cccn2)C1. The Hall–Kier alpha value is -1.18. The van der Waals surface area contributed by atoms with Crippen molar-refractivity contribution in [3.8, 4) is 0 Å². The van der Waals surface area contributed by atoms with Crippen molar-refractivity contribution in [3.63, 3.8) is 0 Å². The number of thiophene rings is 1. The molecular formula is C12H15N3O2S2. The van der Waals surface area contributed by atoms with Gasteiger partial charge in [0, 0.05) is 25.5 Å². The van der Waals surface area contributed by atoms with Gasteiger partial charge >= 0.3 is 0 Å². The molecule has 2 aromatic rings. The molecule has 3 rings (SSSR count). The number of nitrogens with zero attached hydrogens (tertiary/aromatic N) is 3. The van der Waals surface area contributed by atoms with E-state index in [1.165, 1.54) is 11.3 Å². The molecule has 7 heteroatoms. The van der Waals surface area contributed by atoms with Crippen LogP contribution in [0.25, 0.3) is 0 Å². The van der Waals surface area contributed by atoms with Gasteiger partial charge in [-0.3, -0.25) is 4.68 Å². The third-order valence-corrected chi connectivity index (χ3v) is 6.95. The van der Waals surface area contributed by atoms with Gasteiger partial charge < -0.3 is 0 Å². The van der Waals surface area contributed by atoms with Crippen LogP contribution in [-0.2, 0) is 10.0 Å². The molecule has 0 aliphatic carbocycles. The maximum atomic E-state index is 12.5. The van der Waals surface area contributed by atoms with E-state index in [1.54, 1.807) is 10.5 Å². The van der Waals surface area contributed by atoms with Crippen LogP contribution in [0.15, 0.2) is 34.1 Å². The summed E-state index contributed by atoms with van der Waals surface area (Å²) in [4.78, 5) is 0. The molecule has 102 valence electrons. The molecule has 1 saturated heterocycles. The molecule has 1 aliphatic heterocycles. The number of hydrogen-bond donors (Lipinski definition) is 0. The molecule has 0 spiro atoms. The molecule has 5 nitrogen and oxygen atoms in total. The predicted octanol–water partition coefficient (Wildman–Crippen LogP) is 1.89. The number of rotatable bonds is 3. The first-order valence-corrected chi connectivity index (χ1v) is 8.44. The van der Waals surface area contributed by atoms with Crippen LogP contribution in [-0.4, -0.2) is 35.6 Å². The lowest BCUT2D eigenvalue weighted by Gasteiger charge is -2.16. The normalized spacial score (nSPS) is 21.0. The second-order valence-electron chi connectivity index (χ2n) is 4.68. The van der Waals surface area contributed by atoms with Crippen molar-refractivity contribution in [3.05, 3.63) is 35.5 Å². The van der Waals surface area contributed by atoms with Crippen LogP contribution < -0.4 is 0 Å². The summed E-state index contributed by atoms with van der Waals surface area (Å²) in [7, 11) is -3.34. The van der Waals surface area contributed by atoms with Crippen molar-refractivity contribution >= 4 is 21.4 Å². The summed E-state index contributed by atoms with van der Waals surface area (Å²) in [5, 5.41) is 6.02. The highest BCUT2D eigenvalue weighted by Crippen LogP contribution is 2.30. The highest BCUT2D eigenvalue weighted by molar-refractivity contribution is 7.91. The van der Waals surface area contributed by atoms with E-state index >= 15 is 0 Å². The molecule has 0 amide bonds. The zero-order valence-electron chi connectivity index (χ0n) is 10.6. The van der Waals surface area contributed by atoms with E-state index in [0.29, 0.717) is 17.3 Å². The summed E-state index contributed by atoms with van der Waals surface area (Å²) >= 11 is 1.29. The Morgan fingerprint density at radius 1 is 1.47 bits per heavy atom. The molecule has 0 aromatic carbocycles. The number of hydrogen-bond acceptors (Lipinski definition) is 4. The summed E-state index contributed by atoms with van der Waals surface area (Å²) in [5.41, 5.74) is 0.826. The fourth-order valence-electron chi connectivity index (χ4n) is 2.38. The average Bonchev–Trinajstić information content (AvgIpc) is 3.10. The Labute approximate surface area is 116 Å². The van der Waals surface area contributed by atoms with E-state index in [1.807, 2.05) is 35.3 Å². The van der Waals surface area contributed by atoms with E-state index < -0.39 is 10.0 Å². The highest BCUT2D eigenvalue weighted by Gasteiger charge is 2.34. The first-order chi connectivity index (χ1) is 9.09. The molecule has 2 aromatic heterocycles. The monoisotopic (exact) mass is 297 g/mol. The quantitative estimate of drug-likeness (QED) is 0.869. The molecule has 0 saturated carbocycles. The fraction of sp³-hybridized carbons (Fsp3) is 0.417. The summed E-state index contributed by atoms with van der Waals surface area (Å²) in [5.74, 6) is 0. The van der Waals surface area contributed by atoms with Crippen molar-refractivity contribution in [2.75, 3.05) is 13.1 Å². The zero-order valence-corrected chi connectivity index (χ0v) is 12.2. The van der Waals surface area contributed by atoms with Gasteiger partial charge in [-0.1, -0.05) is 0 Å². The highest BCUT2D eigenvalue weighted by atomic mass is 32.2. The van der Waals surface area contributed by atoms with Crippen LogP contribution in [0.4, 0.5) is 0 Å². The summed E-state index contributed by atoms with van der Waals surface area (Å²) in [6.45, 7) is 2.90. The van der Waals surface area contributed by atoms with Crippen LogP contribution in [0, 0.1) is 6.92 Å². The lowest BCUT2D eigenvalue weighted by Crippen LogP contribution is -2.29. The molecule has 1 fully saturated rings. The summed E-state index contributed by atoms with van der Waals surface area (Å²) in [6.07, 6.45) is 4.42. The molecule has 1 atom stereocenters. The summed E-state index contributed by atoms with van der Waals surface area (Å²) in [6, 6.07) is 3.85. The maximum absolute atomic E-state index is 12.5. The first kappa shape index (κ1) is 12.8. The number of sulfonamides is 1. The van der Waals surface area contributed by atoms with Crippen LogP contribution in [0.5, 0.6) is 0 Å². The molecule has 1 unspecified atom stereocenters. The van der Waals surface area contributed by atoms with Gasteiger partial charge in [-0.25, -0.2) is 8.42 Å².